The second-order valence-corrected chi connectivity index (χ2v) is 6.89. The van der Waals surface area contributed by atoms with Crippen LogP contribution in [-0.4, -0.2) is 38.5 Å². The van der Waals surface area contributed by atoms with Gasteiger partial charge in [-0.15, -0.1) is 0 Å². The molecule has 1 saturated heterocycles. The molecule has 1 aromatic rings. The van der Waals surface area contributed by atoms with Crippen molar-refractivity contribution in [1.29, 1.82) is 5.26 Å². The number of nitrogens with zero attached hydrogens (tertiary/aromatic N) is 2. The molecule has 1 atom stereocenters. The zero-order valence-electron chi connectivity index (χ0n) is 11.8. The standard InChI is InChI=1S/C14H16F2N2O3S/c15-11-4-5-14(13(16)9-11)22(19,20)18(7-2-6-17)10-12-3-1-8-21-12/h4-5,9,12H,1-3,7-8,10H2. The minimum atomic E-state index is -4.15. The normalized spacial score (nSPS) is 18.5. The summed E-state index contributed by atoms with van der Waals surface area (Å²) in [4.78, 5) is -0.593. The van der Waals surface area contributed by atoms with E-state index in [4.69, 9.17) is 10.00 Å². The van der Waals surface area contributed by atoms with Crippen molar-refractivity contribution in [2.45, 2.75) is 30.3 Å². The van der Waals surface area contributed by atoms with Gasteiger partial charge in [-0.05, 0) is 25.0 Å². The maximum absolute atomic E-state index is 13.8. The molecule has 8 heteroatoms. The fourth-order valence-corrected chi connectivity index (χ4v) is 3.84. The molecule has 1 heterocycles. The van der Waals surface area contributed by atoms with Crippen LogP contribution in [0.5, 0.6) is 0 Å². The zero-order chi connectivity index (χ0) is 16.2. The summed E-state index contributed by atoms with van der Waals surface area (Å²) in [7, 11) is -4.15. The summed E-state index contributed by atoms with van der Waals surface area (Å²) in [6.45, 7) is 0.554. The van der Waals surface area contributed by atoms with Gasteiger partial charge in [-0.25, -0.2) is 17.2 Å². The largest absolute Gasteiger partial charge is 0.377 e. The quantitative estimate of drug-likeness (QED) is 0.800. The SMILES string of the molecule is N#CCCN(CC1CCCO1)S(=O)(=O)c1ccc(F)cc1F. The molecular formula is C14H16F2N2O3S. The van der Waals surface area contributed by atoms with Crippen LogP contribution in [-0.2, 0) is 14.8 Å². The van der Waals surface area contributed by atoms with Gasteiger partial charge in [0, 0.05) is 32.2 Å². The number of sulfonamides is 1. The van der Waals surface area contributed by atoms with Crippen molar-refractivity contribution in [1.82, 2.24) is 4.31 Å². The number of hydrogen-bond donors (Lipinski definition) is 0. The van der Waals surface area contributed by atoms with E-state index in [0.29, 0.717) is 19.1 Å². The number of halogens is 2. The molecule has 0 aromatic heterocycles. The van der Waals surface area contributed by atoms with E-state index in [1.165, 1.54) is 0 Å². The third-order valence-corrected chi connectivity index (χ3v) is 5.31. The van der Waals surface area contributed by atoms with E-state index < -0.39 is 26.6 Å². The Morgan fingerprint density at radius 3 is 2.77 bits per heavy atom. The lowest BCUT2D eigenvalue weighted by atomic mass is 10.2. The van der Waals surface area contributed by atoms with Crippen LogP contribution in [0.2, 0.25) is 0 Å². The lowest BCUT2D eigenvalue weighted by Crippen LogP contribution is -2.38. The molecular weight excluding hydrogens is 314 g/mol. The Bertz CT molecular complexity index is 667. The topological polar surface area (TPSA) is 70.4 Å². The summed E-state index contributed by atoms with van der Waals surface area (Å²) in [5, 5.41) is 8.68. The van der Waals surface area contributed by atoms with Gasteiger partial charge in [-0.1, -0.05) is 0 Å². The van der Waals surface area contributed by atoms with Gasteiger partial charge in [-0.2, -0.15) is 9.57 Å². The van der Waals surface area contributed by atoms with Crippen molar-refractivity contribution >= 4 is 10.0 Å². The monoisotopic (exact) mass is 330 g/mol. The van der Waals surface area contributed by atoms with Crippen molar-refractivity contribution in [3.63, 3.8) is 0 Å². The van der Waals surface area contributed by atoms with E-state index in [2.05, 4.69) is 0 Å². The van der Waals surface area contributed by atoms with Crippen molar-refractivity contribution in [2.75, 3.05) is 19.7 Å². The lowest BCUT2D eigenvalue weighted by molar-refractivity contribution is 0.0940. The zero-order valence-corrected chi connectivity index (χ0v) is 12.7. The molecule has 2 rings (SSSR count). The van der Waals surface area contributed by atoms with E-state index in [0.717, 1.165) is 22.9 Å². The van der Waals surface area contributed by atoms with Crippen LogP contribution in [0, 0.1) is 23.0 Å². The second kappa shape index (κ2) is 7.13. The van der Waals surface area contributed by atoms with Gasteiger partial charge in [0.1, 0.15) is 16.5 Å². The van der Waals surface area contributed by atoms with Gasteiger partial charge < -0.3 is 4.74 Å². The van der Waals surface area contributed by atoms with E-state index in [-0.39, 0.29) is 25.6 Å². The van der Waals surface area contributed by atoms with Crippen LogP contribution in [0.3, 0.4) is 0 Å². The molecule has 1 fully saturated rings. The first-order chi connectivity index (χ1) is 10.4. The van der Waals surface area contributed by atoms with Crippen LogP contribution in [0.15, 0.2) is 23.1 Å². The molecule has 0 aliphatic carbocycles. The van der Waals surface area contributed by atoms with Gasteiger partial charge in [0.05, 0.1) is 12.2 Å². The van der Waals surface area contributed by atoms with E-state index >= 15 is 0 Å². The predicted molar refractivity (Wildman–Crippen MR) is 74.3 cm³/mol. The Hall–Kier alpha value is -1.56. The number of rotatable bonds is 6. The fourth-order valence-electron chi connectivity index (χ4n) is 2.32. The van der Waals surface area contributed by atoms with Crippen LogP contribution in [0.1, 0.15) is 19.3 Å². The Morgan fingerprint density at radius 1 is 1.41 bits per heavy atom. The van der Waals surface area contributed by atoms with Crippen LogP contribution in [0.25, 0.3) is 0 Å². The molecule has 0 saturated carbocycles. The fraction of sp³-hybridized carbons (Fsp3) is 0.500. The van der Waals surface area contributed by atoms with Gasteiger partial charge >= 0.3 is 0 Å². The number of benzene rings is 1. The summed E-state index contributed by atoms with van der Waals surface area (Å²) in [6, 6.07) is 4.19. The van der Waals surface area contributed by atoms with Crippen LogP contribution >= 0.6 is 0 Å². The molecule has 1 aliphatic heterocycles. The highest BCUT2D eigenvalue weighted by Gasteiger charge is 2.30. The minimum Gasteiger partial charge on any atom is -0.377 e. The molecule has 0 amide bonds. The van der Waals surface area contributed by atoms with Crippen LogP contribution in [0.4, 0.5) is 8.78 Å². The highest BCUT2D eigenvalue weighted by molar-refractivity contribution is 7.89. The summed E-state index contributed by atoms with van der Waals surface area (Å²) in [6.07, 6.45) is 1.26. The summed E-state index contributed by atoms with van der Waals surface area (Å²) in [5.74, 6) is -1.99. The molecule has 1 unspecified atom stereocenters. The van der Waals surface area contributed by atoms with Gasteiger partial charge in [-0.3, -0.25) is 0 Å². The van der Waals surface area contributed by atoms with E-state index in [1.54, 1.807) is 0 Å². The van der Waals surface area contributed by atoms with Crippen molar-refractivity contribution in [2.24, 2.45) is 0 Å². The summed E-state index contributed by atoms with van der Waals surface area (Å²) in [5.41, 5.74) is 0. The van der Waals surface area contributed by atoms with E-state index in [9.17, 15) is 17.2 Å². The molecule has 0 radical (unpaired) electrons. The first kappa shape index (κ1) is 16.8. The third-order valence-electron chi connectivity index (χ3n) is 3.42. The van der Waals surface area contributed by atoms with Crippen molar-refractivity contribution in [3.8, 4) is 6.07 Å². The van der Waals surface area contributed by atoms with Gasteiger partial charge in [0.25, 0.3) is 0 Å². The Balaban J connectivity index is 2.28. The average molecular weight is 330 g/mol. The number of nitriles is 1. The average Bonchev–Trinajstić information content (AvgIpc) is 2.95. The maximum Gasteiger partial charge on any atom is 0.246 e. The van der Waals surface area contributed by atoms with Crippen molar-refractivity contribution in [3.05, 3.63) is 29.8 Å². The predicted octanol–water partition coefficient (Wildman–Crippen LogP) is 2.05. The molecule has 120 valence electrons. The lowest BCUT2D eigenvalue weighted by Gasteiger charge is -2.24. The summed E-state index contributed by atoms with van der Waals surface area (Å²) >= 11 is 0. The Morgan fingerprint density at radius 2 is 2.18 bits per heavy atom. The number of hydrogen-bond acceptors (Lipinski definition) is 4. The minimum absolute atomic E-state index is 0.0191. The summed E-state index contributed by atoms with van der Waals surface area (Å²) < 4.78 is 58.3. The molecule has 22 heavy (non-hydrogen) atoms. The maximum atomic E-state index is 13.8. The first-order valence-corrected chi connectivity index (χ1v) is 8.33. The number of ether oxygens (including phenoxy) is 1. The van der Waals surface area contributed by atoms with E-state index in [1.807, 2.05) is 6.07 Å². The molecule has 0 spiro atoms. The van der Waals surface area contributed by atoms with Crippen LogP contribution < -0.4 is 0 Å². The smallest absolute Gasteiger partial charge is 0.246 e. The third kappa shape index (κ3) is 3.80. The molecule has 5 nitrogen and oxygen atoms in total. The Labute approximate surface area is 128 Å². The van der Waals surface area contributed by atoms with Gasteiger partial charge in [0.15, 0.2) is 0 Å². The molecule has 0 N–H and O–H groups in total. The highest BCUT2D eigenvalue weighted by atomic mass is 32.2. The first-order valence-electron chi connectivity index (χ1n) is 6.89. The second-order valence-electron chi connectivity index (χ2n) is 4.98. The molecule has 1 aliphatic rings. The van der Waals surface area contributed by atoms with Crippen molar-refractivity contribution < 1.29 is 21.9 Å². The molecule has 1 aromatic carbocycles. The van der Waals surface area contributed by atoms with Gasteiger partial charge in [0.2, 0.25) is 10.0 Å². The Kier molecular flexibility index (Phi) is 5.45. The molecule has 0 bridgehead atoms. The highest BCUT2D eigenvalue weighted by Crippen LogP contribution is 2.23.